The number of rotatable bonds is 5. The van der Waals surface area contributed by atoms with E-state index in [1.807, 2.05) is 0 Å². The highest BCUT2D eigenvalue weighted by Gasteiger charge is 2.10. The predicted molar refractivity (Wildman–Crippen MR) is 68.6 cm³/mol. The lowest BCUT2D eigenvalue weighted by Gasteiger charge is -2.10. The van der Waals surface area contributed by atoms with Gasteiger partial charge in [-0.05, 0) is 23.4 Å². The van der Waals surface area contributed by atoms with Crippen LogP contribution in [0.15, 0.2) is 23.4 Å². The monoisotopic (exact) mass is 278 g/mol. The Hall–Kier alpha value is -2.84. The van der Waals surface area contributed by atoms with Crippen LogP contribution in [0.4, 0.5) is 0 Å². The first-order valence-corrected chi connectivity index (χ1v) is 5.65. The summed E-state index contributed by atoms with van der Waals surface area (Å²) in [6, 6.07) is 4.91. The minimum Gasteiger partial charge on any atom is -0.493 e. The SMILES string of the molecule is COc1cc(/C(N)=N/O)ccc1OCc1nnn(C)n1. The van der Waals surface area contributed by atoms with Crippen molar-refractivity contribution in [3.05, 3.63) is 29.6 Å². The number of nitrogens with zero attached hydrogens (tertiary/aromatic N) is 5. The smallest absolute Gasteiger partial charge is 0.212 e. The molecule has 1 heterocycles. The standard InChI is InChI=1S/C11H14N6O3/c1-17-14-10(13-16-17)6-20-8-4-3-7(11(12)15-18)5-9(8)19-2/h3-5,18H,6H2,1-2H3,(H2,12,15). The average molecular weight is 278 g/mol. The first kappa shape index (κ1) is 13.6. The average Bonchev–Trinajstić information content (AvgIpc) is 2.89. The molecule has 0 aliphatic rings. The van der Waals surface area contributed by atoms with Gasteiger partial charge >= 0.3 is 0 Å². The molecule has 1 aromatic carbocycles. The number of aryl methyl sites for hydroxylation is 1. The normalized spacial score (nSPS) is 11.4. The summed E-state index contributed by atoms with van der Waals surface area (Å²) >= 11 is 0. The molecule has 106 valence electrons. The van der Waals surface area contributed by atoms with Gasteiger partial charge in [-0.1, -0.05) is 5.16 Å². The van der Waals surface area contributed by atoms with Crippen LogP contribution in [0.25, 0.3) is 0 Å². The zero-order valence-electron chi connectivity index (χ0n) is 11.0. The Labute approximate surface area is 114 Å². The molecule has 9 heteroatoms. The van der Waals surface area contributed by atoms with E-state index >= 15 is 0 Å². The molecule has 0 saturated carbocycles. The number of ether oxygens (including phenoxy) is 2. The topological polar surface area (TPSA) is 121 Å². The van der Waals surface area contributed by atoms with Crippen molar-refractivity contribution in [3.63, 3.8) is 0 Å². The lowest BCUT2D eigenvalue weighted by molar-refractivity contribution is 0.276. The minimum absolute atomic E-state index is 0.00885. The summed E-state index contributed by atoms with van der Waals surface area (Å²) < 4.78 is 10.7. The molecule has 0 fully saturated rings. The van der Waals surface area contributed by atoms with Gasteiger partial charge in [0.25, 0.3) is 0 Å². The van der Waals surface area contributed by atoms with Gasteiger partial charge in [0.1, 0.15) is 0 Å². The molecular formula is C11H14N6O3. The Morgan fingerprint density at radius 3 is 2.85 bits per heavy atom. The molecule has 0 saturated heterocycles. The fourth-order valence-electron chi connectivity index (χ4n) is 1.53. The summed E-state index contributed by atoms with van der Waals surface area (Å²) in [5, 5.41) is 23.1. The van der Waals surface area contributed by atoms with Crippen LogP contribution in [0.1, 0.15) is 11.4 Å². The highest BCUT2D eigenvalue weighted by atomic mass is 16.5. The number of nitrogens with two attached hydrogens (primary N) is 1. The summed E-state index contributed by atoms with van der Waals surface area (Å²) in [4.78, 5) is 1.34. The lowest BCUT2D eigenvalue weighted by atomic mass is 10.2. The van der Waals surface area contributed by atoms with E-state index in [1.54, 1.807) is 25.2 Å². The summed E-state index contributed by atoms with van der Waals surface area (Å²) in [6.07, 6.45) is 0. The predicted octanol–water partition coefficient (Wildman–Crippen LogP) is -0.108. The quantitative estimate of drug-likeness (QED) is 0.339. The molecule has 0 atom stereocenters. The second-order valence-electron chi connectivity index (χ2n) is 3.83. The molecule has 0 bridgehead atoms. The van der Waals surface area contributed by atoms with E-state index in [9.17, 15) is 0 Å². The van der Waals surface area contributed by atoms with Crippen LogP contribution in [-0.4, -0.2) is 38.4 Å². The van der Waals surface area contributed by atoms with Gasteiger partial charge in [-0.3, -0.25) is 0 Å². The van der Waals surface area contributed by atoms with E-state index in [-0.39, 0.29) is 12.4 Å². The first-order valence-electron chi connectivity index (χ1n) is 5.65. The van der Waals surface area contributed by atoms with Crippen LogP contribution in [0.5, 0.6) is 11.5 Å². The molecule has 3 N–H and O–H groups in total. The zero-order valence-corrected chi connectivity index (χ0v) is 11.0. The first-order chi connectivity index (χ1) is 9.63. The fourth-order valence-corrected chi connectivity index (χ4v) is 1.53. The van der Waals surface area contributed by atoms with Gasteiger partial charge in [0.2, 0.25) is 5.82 Å². The Morgan fingerprint density at radius 1 is 1.45 bits per heavy atom. The number of hydrogen-bond donors (Lipinski definition) is 2. The summed E-state index contributed by atoms with van der Waals surface area (Å²) in [6.45, 7) is 0.160. The number of benzene rings is 1. The van der Waals surface area contributed by atoms with Crippen LogP contribution in [0.2, 0.25) is 0 Å². The summed E-state index contributed by atoms with van der Waals surface area (Å²) in [5.41, 5.74) is 6.03. The second kappa shape index (κ2) is 5.87. The molecule has 0 aliphatic carbocycles. The summed E-state index contributed by atoms with van der Waals surface area (Å²) in [7, 11) is 3.17. The molecule has 20 heavy (non-hydrogen) atoms. The molecule has 1 aromatic heterocycles. The summed E-state index contributed by atoms with van der Waals surface area (Å²) in [5.74, 6) is 1.40. The number of oxime groups is 1. The maximum atomic E-state index is 8.64. The lowest BCUT2D eigenvalue weighted by Crippen LogP contribution is -2.13. The van der Waals surface area contributed by atoms with Crippen LogP contribution in [0, 0.1) is 0 Å². The molecule has 2 aromatic rings. The number of amidine groups is 1. The van der Waals surface area contributed by atoms with Crippen molar-refractivity contribution in [2.24, 2.45) is 17.9 Å². The van der Waals surface area contributed by atoms with Crippen molar-refractivity contribution in [2.75, 3.05) is 7.11 Å². The van der Waals surface area contributed by atoms with E-state index in [1.165, 1.54) is 11.9 Å². The zero-order chi connectivity index (χ0) is 14.5. The third-order valence-electron chi connectivity index (χ3n) is 2.47. The Bertz CT molecular complexity index is 624. The fraction of sp³-hybridized carbons (Fsp3) is 0.273. The Balaban J connectivity index is 2.15. The molecule has 0 amide bonds. The van der Waals surface area contributed by atoms with Crippen LogP contribution in [0.3, 0.4) is 0 Å². The van der Waals surface area contributed by atoms with Gasteiger partial charge in [0.15, 0.2) is 23.9 Å². The van der Waals surface area contributed by atoms with Gasteiger partial charge in [-0.2, -0.15) is 4.80 Å². The van der Waals surface area contributed by atoms with Gasteiger partial charge in [-0.15, -0.1) is 10.2 Å². The van der Waals surface area contributed by atoms with Gasteiger partial charge in [0, 0.05) is 5.56 Å². The maximum Gasteiger partial charge on any atom is 0.212 e. The van der Waals surface area contributed by atoms with Crippen molar-refractivity contribution < 1.29 is 14.7 Å². The molecular weight excluding hydrogens is 264 g/mol. The van der Waals surface area contributed by atoms with E-state index in [4.69, 9.17) is 20.4 Å². The molecule has 0 radical (unpaired) electrons. The highest BCUT2D eigenvalue weighted by Crippen LogP contribution is 2.28. The van der Waals surface area contributed by atoms with Gasteiger partial charge in [0.05, 0.1) is 14.2 Å². The Morgan fingerprint density at radius 2 is 2.25 bits per heavy atom. The van der Waals surface area contributed by atoms with E-state index < -0.39 is 0 Å². The van der Waals surface area contributed by atoms with Crippen molar-refractivity contribution in [1.82, 2.24) is 20.2 Å². The maximum absolute atomic E-state index is 8.64. The van der Waals surface area contributed by atoms with Crippen molar-refractivity contribution in [1.29, 1.82) is 0 Å². The van der Waals surface area contributed by atoms with Gasteiger partial charge in [-0.25, -0.2) is 0 Å². The van der Waals surface area contributed by atoms with E-state index in [0.717, 1.165) is 0 Å². The molecule has 0 spiro atoms. The number of methoxy groups -OCH3 is 1. The third kappa shape index (κ3) is 2.94. The molecule has 2 rings (SSSR count). The number of aromatic nitrogens is 4. The van der Waals surface area contributed by atoms with Gasteiger partial charge < -0.3 is 20.4 Å². The van der Waals surface area contributed by atoms with Crippen LogP contribution < -0.4 is 15.2 Å². The third-order valence-corrected chi connectivity index (χ3v) is 2.47. The van der Waals surface area contributed by atoms with E-state index in [0.29, 0.717) is 22.9 Å². The number of hydrogen-bond acceptors (Lipinski definition) is 7. The van der Waals surface area contributed by atoms with Crippen molar-refractivity contribution >= 4 is 5.84 Å². The van der Waals surface area contributed by atoms with Crippen LogP contribution >= 0.6 is 0 Å². The van der Waals surface area contributed by atoms with E-state index in [2.05, 4.69) is 20.6 Å². The Kier molecular flexibility index (Phi) is 3.99. The van der Waals surface area contributed by atoms with Crippen molar-refractivity contribution in [2.45, 2.75) is 6.61 Å². The second-order valence-corrected chi connectivity index (χ2v) is 3.83. The minimum atomic E-state index is -0.00885. The largest absolute Gasteiger partial charge is 0.493 e. The molecule has 9 nitrogen and oxygen atoms in total. The molecule has 0 unspecified atom stereocenters. The number of tetrazole rings is 1. The van der Waals surface area contributed by atoms with Crippen molar-refractivity contribution in [3.8, 4) is 11.5 Å². The molecule has 0 aliphatic heterocycles. The highest BCUT2D eigenvalue weighted by molar-refractivity contribution is 5.97. The van der Waals surface area contributed by atoms with Crippen LogP contribution in [-0.2, 0) is 13.7 Å².